The number of quaternary nitrogens is 1. The lowest BCUT2D eigenvalue weighted by Gasteiger charge is -2.31. The standard InChI is InChI=1S/C19H29N3O5S/c1-15-6-7-16(2)17(13-15)28(25,26)22-11-9-21(10-12-22)14-18(23)20-8-4-5-19(24)27-3/h6-7,13H,4-5,8-12,14H2,1-3H3,(H,20,23)/p+1. The molecule has 1 fully saturated rings. The van der Waals surface area contributed by atoms with E-state index in [4.69, 9.17) is 0 Å². The van der Waals surface area contributed by atoms with E-state index in [0.717, 1.165) is 16.0 Å². The molecule has 0 atom stereocenters. The number of nitrogens with one attached hydrogen (secondary N) is 2. The third kappa shape index (κ3) is 6.02. The van der Waals surface area contributed by atoms with Gasteiger partial charge in [-0.05, 0) is 37.5 Å². The smallest absolute Gasteiger partial charge is 0.305 e. The zero-order valence-corrected chi connectivity index (χ0v) is 17.6. The van der Waals surface area contributed by atoms with Crippen molar-refractivity contribution < 1.29 is 27.6 Å². The summed E-state index contributed by atoms with van der Waals surface area (Å²) in [6.45, 7) is 6.35. The van der Waals surface area contributed by atoms with Crippen molar-refractivity contribution in [1.82, 2.24) is 9.62 Å². The van der Waals surface area contributed by atoms with E-state index in [0.29, 0.717) is 50.6 Å². The van der Waals surface area contributed by atoms with Gasteiger partial charge in [0.2, 0.25) is 10.0 Å². The average Bonchev–Trinajstić information content (AvgIpc) is 2.67. The molecule has 0 spiro atoms. The molecule has 1 aromatic rings. The molecule has 0 aromatic heterocycles. The maximum Gasteiger partial charge on any atom is 0.305 e. The molecule has 28 heavy (non-hydrogen) atoms. The number of carbonyl (C=O) groups is 2. The summed E-state index contributed by atoms with van der Waals surface area (Å²) < 4.78 is 31.9. The normalized spacial score (nSPS) is 16.0. The van der Waals surface area contributed by atoms with Crippen LogP contribution in [0.4, 0.5) is 0 Å². The Bertz CT molecular complexity index is 802. The van der Waals surface area contributed by atoms with Gasteiger partial charge >= 0.3 is 5.97 Å². The summed E-state index contributed by atoms with van der Waals surface area (Å²) in [6, 6.07) is 5.44. The molecule has 1 aromatic carbocycles. The molecule has 0 saturated carbocycles. The van der Waals surface area contributed by atoms with Crippen LogP contribution >= 0.6 is 0 Å². The molecule has 1 saturated heterocycles. The number of amides is 1. The first-order chi connectivity index (χ1) is 13.2. The number of piperazine rings is 1. The lowest BCUT2D eigenvalue weighted by Crippen LogP contribution is -3.15. The molecule has 156 valence electrons. The molecule has 2 rings (SSSR count). The number of esters is 1. The van der Waals surface area contributed by atoms with Crippen LogP contribution < -0.4 is 10.2 Å². The maximum absolute atomic E-state index is 12.9. The van der Waals surface area contributed by atoms with Crippen molar-refractivity contribution in [1.29, 1.82) is 0 Å². The van der Waals surface area contributed by atoms with E-state index in [1.165, 1.54) is 11.4 Å². The quantitative estimate of drug-likeness (QED) is 0.433. The molecule has 0 radical (unpaired) electrons. The summed E-state index contributed by atoms with van der Waals surface area (Å²) in [7, 11) is -2.18. The second kappa shape index (κ2) is 9.99. The van der Waals surface area contributed by atoms with Crippen molar-refractivity contribution in [3.63, 3.8) is 0 Å². The van der Waals surface area contributed by atoms with Crippen molar-refractivity contribution in [2.24, 2.45) is 0 Å². The molecule has 1 heterocycles. The van der Waals surface area contributed by atoms with E-state index in [1.54, 1.807) is 13.0 Å². The lowest BCUT2D eigenvalue weighted by atomic mass is 10.2. The monoisotopic (exact) mass is 412 g/mol. The van der Waals surface area contributed by atoms with Crippen LogP contribution in [0.3, 0.4) is 0 Å². The summed E-state index contributed by atoms with van der Waals surface area (Å²) >= 11 is 0. The summed E-state index contributed by atoms with van der Waals surface area (Å²) in [4.78, 5) is 24.5. The first-order valence-corrected chi connectivity index (χ1v) is 10.9. The van der Waals surface area contributed by atoms with E-state index < -0.39 is 10.0 Å². The number of hydrogen-bond donors (Lipinski definition) is 2. The summed E-state index contributed by atoms with van der Waals surface area (Å²) in [5, 5.41) is 2.79. The van der Waals surface area contributed by atoms with Crippen LogP contribution in [-0.2, 0) is 24.3 Å². The molecular formula is C19H30N3O5S+. The zero-order valence-electron chi connectivity index (χ0n) is 16.8. The number of methoxy groups -OCH3 is 1. The molecule has 1 aliphatic heterocycles. The van der Waals surface area contributed by atoms with Gasteiger partial charge in [0.15, 0.2) is 6.54 Å². The van der Waals surface area contributed by atoms with E-state index in [2.05, 4.69) is 10.1 Å². The van der Waals surface area contributed by atoms with Gasteiger partial charge in [-0.2, -0.15) is 4.31 Å². The molecule has 0 aliphatic carbocycles. The molecule has 0 bridgehead atoms. The second-order valence-electron chi connectivity index (χ2n) is 7.13. The van der Waals surface area contributed by atoms with E-state index in [-0.39, 0.29) is 18.3 Å². The zero-order chi connectivity index (χ0) is 20.7. The molecule has 0 unspecified atom stereocenters. The second-order valence-corrected chi connectivity index (χ2v) is 9.04. The first kappa shape index (κ1) is 22.3. The van der Waals surface area contributed by atoms with Gasteiger partial charge < -0.3 is 15.0 Å². The van der Waals surface area contributed by atoms with Gasteiger partial charge in [0, 0.05) is 13.0 Å². The van der Waals surface area contributed by atoms with Gasteiger partial charge in [-0.15, -0.1) is 0 Å². The number of carbonyl (C=O) groups excluding carboxylic acids is 2. The minimum atomic E-state index is -3.52. The molecule has 9 heteroatoms. The Morgan fingerprint density at radius 1 is 1.21 bits per heavy atom. The minimum absolute atomic E-state index is 0.0919. The predicted octanol–water partition coefficient (Wildman–Crippen LogP) is -0.738. The van der Waals surface area contributed by atoms with Crippen molar-refractivity contribution >= 4 is 21.9 Å². The number of nitrogens with zero attached hydrogens (tertiary/aromatic N) is 1. The Morgan fingerprint density at radius 2 is 1.89 bits per heavy atom. The number of hydrogen-bond acceptors (Lipinski definition) is 5. The van der Waals surface area contributed by atoms with Crippen molar-refractivity contribution in [3.8, 4) is 0 Å². The Hall–Kier alpha value is -1.97. The SMILES string of the molecule is COC(=O)CCCNC(=O)C[NH+]1CCN(S(=O)(=O)c2cc(C)ccc2C)CC1. The first-order valence-electron chi connectivity index (χ1n) is 9.48. The summed E-state index contributed by atoms with van der Waals surface area (Å²) in [6.07, 6.45) is 0.814. The average molecular weight is 413 g/mol. The number of sulfonamides is 1. The van der Waals surface area contributed by atoms with Crippen LogP contribution in [0, 0.1) is 13.8 Å². The Kier molecular flexibility index (Phi) is 7.97. The molecule has 1 aliphatic rings. The van der Waals surface area contributed by atoms with Gasteiger partial charge in [0.05, 0.1) is 38.2 Å². The fraction of sp³-hybridized carbons (Fsp3) is 0.579. The van der Waals surface area contributed by atoms with Gasteiger partial charge in [-0.1, -0.05) is 12.1 Å². The predicted molar refractivity (Wildman–Crippen MR) is 104 cm³/mol. The number of aryl methyl sites for hydroxylation is 2. The molecule has 1 amide bonds. The third-order valence-electron chi connectivity index (χ3n) is 4.91. The highest BCUT2D eigenvalue weighted by atomic mass is 32.2. The van der Waals surface area contributed by atoms with Crippen molar-refractivity contribution in [2.75, 3.05) is 46.4 Å². The Labute approximate surface area is 166 Å². The minimum Gasteiger partial charge on any atom is -0.469 e. The van der Waals surface area contributed by atoms with Crippen LogP contribution in [0.1, 0.15) is 24.0 Å². The van der Waals surface area contributed by atoms with Crippen molar-refractivity contribution in [2.45, 2.75) is 31.6 Å². The highest BCUT2D eigenvalue weighted by Gasteiger charge is 2.32. The van der Waals surface area contributed by atoms with E-state index in [9.17, 15) is 18.0 Å². The topological polar surface area (TPSA) is 97.2 Å². The Morgan fingerprint density at radius 3 is 2.54 bits per heavy atom. The van der Waals surface area contributed by atoms with Crippen LogP contribution in [0.25, 0.3) is 0 Å². The summed E-state index contributed by atoms with van der Waals surface area (Å²) in [5.74, 6) is -0.383. The van der Waals surface area contributed by atoms with Crippen molar-refractivity contribution in [3.05, 3.63) is 29.3 Å². The van der Waals surface area contributed by atoms with Gasteiger partial charge in [0.25, 0.3) is 5.91 Å². The van der Waals surface area contributed by atoms with E-state index in [1.807, 2.05) is 19.1 Å². The number of ether oxygens (including phenoxy) is 1. The molecule has 8 nitrogen and oxygen atoms in total. The number of benzene rings is 1. The van der Waals surface area contributed by atoms with Gasteiger partial charge in [0.1, 0.15) is 0 Å². The lowest BCUT2D eigenvalue weighted by molar-refractivity contribution is -0.895. The van der Waals surface area contributed by atoms with Gasteiger partial charge in [-0.3, -0.25) is 9.59 Å². The third-order valence-corrected chi connectivity index (χ3v) is 6.95. The summed E-state index contributed by atoms with van der Waals surface area (Å²) in [5.41, 5.74) is 1.66. The van der Waals surface area contributed by atoms with Crippen LogP contribution in [0.15, 0.2) is 23.1 Å². The highest BCUT2D eigenvalue weighted by molar-refractivity contribution is 7.89. The van der Waals surface area contributed by atoms with Crippen LogP contribution in [0.5, 0.6) is 0 Å². The van der Waals surface area contributed by atoms with Crippen LogP contribution in [-0.4, -0.2) is 71.0 Å². The maximum atomic E-state index is 12.9. The highest BCUT2D eigenvalue weighted by Crippen LogP contribution is 2.21. The fourth-order valence-corrected chi connectivity index (χ4v) is 4.95. The van der Waals surface area contributed by atoms with Gasteiger partial charge in [-0.25, -0.2) is 8.42 Å². The largest absolute Gasteiger partial charge is 0.469 e. The molecular weight excluding hydrogens is 382 g/mol. The Balaban J connectivity index is 1.81. The molecule has 2 N–H and O–H groups in total. The fourth-order valence-electron chi connectivity index (χ4n) is 3.20. The van der Waals surface area contributed by atoms with E-state index >= 15 is 0 Å². The number of rotatable bonds is 8. The van der Waals surface area contributed by atoms with Crippen LogP contribution in [0.2, 0.25) is 0 Å².